The number of aryl methyl sites for hydroxylation is 1. The Balaban J connectivity index is 0.000000461. The summed E-state index contributed by atoms with van der Waals surface area (Å²) in [5, 5.41) is 0. The van der Waals surface area contributed by atoms with E-state index in [9.17, 15) is 0 Å². The molecule has 0 atom stereocenters. The lowest BCUT2D eigenvalue weighted by Crippen LogP contribution is -2.05. The predicted octanol–water partition coefficient (Wildman–Crippen LogP) is 2.58. The lowest BCUT2D eigenvalue weighted by atomic mass is 9.92. The molecule has 0 fully saturated rings. The van der Waals surface area contributed by atoms with Gasteiger partial charge in [0, 0.05) is 4.47 Å². The van der Waals surface area contributed by atoms with E-state index in [1.165, 1.54) is 0 Å². The summed E-state index contributed by atoms with van der Waals surface area (Å²) >= 11 is 3.34. The molecule has 2 radical (unpaired) electrons. The maximum Gasteiger partial charge on any atom is 0.114 e. The van der Waals surface area contributed by atoms with Crippen LogP contribution < -0.4 is 5.46 Å². The highest BCUT2D eigenvalue weighted by molar-refractivity contribution is 9.10. The highest BCUT2D eigenvalue weighted by Crippen LogP contribution is 2.08. The lowest BCUT2D eigenvalue weighted by molar-refractivity contribution is 1.49. The van der Waals surface area contributed by atoms with E-state index in [0.29, 0.717) is 0 Å². The van der Waals surface area contributed by atoms with Gasteiger partial charge in [-0.15, -0.1) is 0 Å². The van der Waals surface area contributed by atoms with Crippen LogP contribution in [0.3, 0.4) is 0 Å². The SMILES string of the molecule is CC.[B]c1ccc(Br)cc1C. The summed E-state index contributed by atoms with van der Waals surface area (Å²) in [6.45, 7) is 5.99. The lowest BCUT2D eigenvalue weighted by Gasteiger charge is -1.97. The molecule has 0 saturated heterocycles. The van der Waals surface area contributed by atoms with E-state index in [1.54, 1.807) is 0 Å². The molecule has 0 heterocycles. The zero-order chi connectivity index (χ0) is 8.85. The molecule has 0 N–H and O–H groups in total. The topological polar surface area (TPSA) is 0 Å². The Bertz CT molecular complexity index is 221. The molecule has 0 spiro atoms. The van der Waals surface area contributed by atoms with Gasteiger partial charge in [-0.25, -0.2) is 0 Å². The maximum atomic E-state index is 5.57. The third kappa shape index (κ3) is 3.61. The Morgan fingerprint density at radius 1 is 1.27 bits per heavy atom. The maximum absolute atomic E-state index is 5.57. The smallest absolute Gasteiger partial charge is 0.0937 e. The van der Waals surface area contributed by atoms with Crippen LogP contribution in [0.4, 0.5) is 0 Å². The Labute approximate surface area is 78.6 Å². The van der Waals surface area contributed by atoms with Crippen LogP contribution in [0.15, 0.2) is 22.7 Å². The van der Waals surface area contributed by atoms with Gasteiger partial charge in [0.05, 0.1) is 0 Å². The van der Waals surface area contributed by atoms with Gasteiger partial charge in [-0.3, -0.25) is 0 Å². The summed E-state index contributed by atoms with van der Waals surface area (Å²) in [5.41, 5.74) is 1.96. The first-order valence-electron chi connectivity index (χ1n) is 3.72. The molecule has 0 unspecified atom stereocenters. The first kappa shape index (κ1) is 10.8. The minimum absolute atomic E-state index is 0.846. The number of hydrogen-bond donors (Lipinski definition) is 0. The van der Waals surface area contributed by atoms with Gasteiger partial charge >= 0.3 is 0 Å². The van der Waals surface area contributed by atoms with E-state index in [1.807, 2.05) is 39.0 Å². The second kappa shape index (κ2) is 5.42. The van der Waals surface area contributed by atoms with Crippen LogP contribution >= 0.6 is 15.9 Å². The molecule has 0 aliphatic heterocycles. The number of rotatable bonds is 0. The van der Waals surface area contributed by atoms with E-state index in [-0.39, 0.29) is 0 Å². The fraction of sp³-hybridized carbons (Fsp3) is 0.333. The van der Waals surface area contributed by atoms with E-state index >= 15 is 0 Å². The van der Waals surface area contributed by atoms with Gasteiger partial charge < -0.3 is 0 Å². The van der Waals surface area contributed by atoms with Crippen molar-refractivity contribution in [1.29, 1.82) is 0 Å². The molecular formula is C9H12BBr. The van der Waals surface area contributed by atoms with E-state index in [0.717, 1.165) is 15.5 Å². The highest BCUT2D eigenvalue weighted by atomic mass is 79.9. The molecule has 1 rings (SSSR count). The van der Waals surface area contributed by atoms with Crippen molar-refractivity contribution in [2.75, 3.05) is 0 Å². The molecule has 2 heteroatoms. The molecule has 0 bridgehead atoms. The Kier molecular flexibility index (Phi) is 5.30. The van der Waals surface area contributed by atoms with Crippen molar-refractivity contribution in [3.63, 3.8) is 0 Å². The summed E-state index contributed by atoms with van der Waals surface area (Å²) in [6, 6.07) is 5.82. The van der Waals surface area contributed by atoms with Crippen molar-refractivity contribution in [2.24, 2.45) is 0 Å². The van der Waals surface area contributed by atoms with Gasteiger partial charge in [0.15, 0.2) is 0 Å². The molecule has 1 aromatic rings. The number of benzene rings is 1. The Hall–Kier alpha value is -0.235. The second-order valence-electron chi connectivity index (χ2n) is 2.00. The molecule has 58 valence electrons. The van der Waals surface area contributed by atoms with Crippen LogP contribution in [-0.2, 0) is 0 Å². The molecule has 0 aliphatic carbocycles. The third-order valence-electron chi connectivity index (χ3n) is 1.23. The molecule has 0 nitrogen and oxygen atoms in total. The monoisotopic (exact) mass is 210 g/mol. The highest BCUT2D eigenvalue weighted by Gasteiger charge is 1.89. The van der Waals surface area contributed by atoms with Gasteiger partial charge in [-0.1, -0.05) is 46.9 Å². The van der Waals surface area contributed by atoms with Crippen LogP contribution in [0.2, 0.25) is 0 Å². The Morgan fingerprint density at radius 3 is 2.18 bits per heavy atom. The van der Waals surface area contributed by atoms with Gasteiger partial charge in [0.1, 0.15) is 7.85 Å². The van der Waals surface area contributed by atoms with E-state index in [2.05, 4.69) is 15.9 Å². The van der Waals surface area contributed by atoms with Crippen LogP contribution in [0.25, 0.3) is 0 Å². The van der Waals surface area contributed by atoms with Gasteiger partial charge in [0.2, 0.25) is 0 Å². The van der Waals surface area contributed by atoms with Crippen molar-refractivity contribution in [3.8, 4) is 0 Å². The summed E-state index contributed by atoms with van der Waals surface area (Å²) in [5.74, 6) is 0. The standard InChI is InChI=1S/C7H6BBr.C2H6/c1-5-4-6(9)2-3-7(5)8;1-2/h2-4H,1H3;1-2H3. The fourth-order valence-corrected chi connectivity index (χ4v) is 1.11. The summed E-state index contributed by atoms with van der Waals surface area (Å²) in [7, 11) is 5.57. The van der Waals surface area contributed by atoms with E-state index in [4.69, 9.17) is 7.85 Å². The molecule has 1 aromatic carbocycles. The van der Waals surface area contributed by atoms with Crippen molar-refractivity contribution < 1.29 is 0 Å². The largest absolute Gasteiger partial charge is 0.114 e. The first-order chi connectivity index (χ1) is 5.20. The van der Waals surface area contributed by atoms with Crippen molar-refractivity contribution in [2.45, 2.75) is 20.8 Å². The molecule has 0 aromatic heterocycles. The van der Waals surface area contributed by atoms with Crippen LogP contribution in [0.1, 0.15) is 19.4 Å². The minimum Gasteiger partial charge on any atom is -0.0937 e. The Morgan fingerprint density at radius 2 is 1.82 bits per heavy atom. The van der Waals surface area contributed by atoms with Crippen molar-refractivity contribution in [3.05, 3.63) is 28.2 Å². The summed E-state index contributed by atoms with van der Waals surface area (Å²) in [6.07, 6.45) is 0. The molecule has 0 saturated carbocycles. The zero-order valence-corrected chi connectivity index (χ0v) is 8.77. The van der Waals surface area contributed by atoms with E-state index < -0.39 is 0 Å². The van der Waals surface area contributed by atoms with Gasteiger partial charge in [-0.05, 0) is 19.1 Å². The van der Waals surface area contributed by atoms with Crippen LogP contribution in [0, 0.1) is 6.92 Å². The van der Waals surface area contributed by atoms with Crippen molar-refractivity contribution in [1.82, 2.24) is 0 Å². The third-order valence-corrected chi connectivity index (χ3v) is 1.73. The van der Waals surface area contributed by atoms with Gasteiger partial charge in [-0.2, -0.15) is 0 Å². The summed E-state index contributed by atoms with van der Waals surface area (Å²) in [4.78, 5) is 0. The van der Waals surface area contributed by atoms with Gasteiger partial charge in [0.25, 0.3) is 0 Å². The summed E-state index contributed by atoms with van der Waals surface area (Å²) < 4.78 is 1.08. The number of hydrogen-bond acceptors (Lipinski definition) is 0. The predicted molar refractivity (Wildman–Crippen MR) is 55.6 cm³/mol. The molecular weight excluding hydrogens is 199 g/mol. The average Bonchev–Trinajstić information content (AvgIpc) is 2.02. The normalized spacial score (nSPS) is 8.36. The van der Waals surface area contributed by atoms with Crippen LogP contribution in [-0.4, -0.2) is 7.85 Å². The van der Waals surface area contributed by atoms with Crippen LogP contribution in [0.5, 0.6) is 0 Å². The molecule has 0 amide bonds. The zero-order valence-electron chi connectivity index (χ0n) is 7.19. The van der Waals surface area contributed by atoms with Crippen molar-refractivity contribution >= 4 is 29.2 Å². The molecule has 11 heavy (non-hydrogen) atoms. The second-order valence-corrected chi connectivity index (χ2v) is 2.92. The quantitative estimate of drug-likeness (QED) is 0.578. The molecule has 0 aliphatic rings. The fourth-order valence-electron chi connectivity index (χ4n) is 0.639. The average molecular weight is 211 g/mol. The minimum atomic E-state index is 0.846. The number of halogens is 1. The first-order valence-corrected chi connectivity index (χ1v) is 4.51.